The highest BCUT2D eigenvalue weighted by Crippen LogP contribution is 2.23. The topological polar surface area (TPSA) is 0 Å². The van der Waals surface area contributed by atoms with Crippen molar-refractivity contribution in [3.63, 3.8) is 0 Å². The summed E-state index contributed by atoms with van der Waals surface area (Å²) in [5.41, 5.74) is 0. The summed E-state index contributed by atoms with van der Waals surface area (Å²) in [5, 5.41) is 0. The molecule has 0 aliphatic rings. The highest BCUT2D eigenvalue weighted by molar-refractivity contribution is 4.86. The molecule has 0 heterocycles. The van der Waals surface area contributed by atoms with Crippen LogP contribution < -0.4 is 0 Å². The second-order valence-corrected chi connectivity index (χ2v) is 13.4. The van der Waals surface area contributed by atoms with E-state index in [9.17, 15) is 0 Å². The van der Waals surface area contributed by atoms with Crippen molar-refractivity contribution in [1.29, 1.82) is 0 Å². The molecule has 0 atom stereocenters. The molecule has 0 unspecified atom stereocenters. The molecule has 0 nitrogen and oxygen atoms in total. The van der Waals surface area contributed by atoms with E-state index in [1.165, 1.54) is 180 Å². The Hall–Kier alpha value is -1.04. The summed E-state index contributed by atoms with van der Waals surface area (Å²) in [7, 11) is 0. The zero-order valence-electron chi connectivity index (χ0n) is 29.6. The second-order valence-electron chi connectivity index (χ2n) is 13.4. The molecular formula is C42H78. The zero-order chi connectivity index (χ0) is 30.6. The van der Waals surface area contributed by atoms with E-state index in [4.69, 9.17) is 0 Å². The molecule has 42 heavy (non-hydrogen) atoms. The lowest BCUT2D eigenvalue weighted by Crippen LogP contribution is -2.08. The van der Waals surface area contributed by atoms with Gasteiger partial charge in [0.2, 0.25) is 0 Å². The van der Waals surface area contributed by atoms with Gasteiger partial charge in [-0.2, -0.15) is 0 Å². The molecule has 0 aliphatic carbocycles. The fraction of sp³-hybridized carbons (Fsp3) is 0.810. The summed E-state index contributed by atoms with van der Waals surface area (Å²) < 4.78 is 0. The number of allylic oxidation sites excluding steroid dienone is 8. The fourth-order valence-corrected chi connectivity index (χ4v) is 5.86. The van der Waals surface area contributed by atoms with Gasteiger partial charge in [0.15, 0.2) is 0 Å². The molecular weight excluding hydrogens is 504 g/mol. The second kappa shape index (κ2) is 36.2. The first-order valence-corrected chi connectivity index (χ1v) is 19.3. The van der Waals surface area contributed by atoms with Gasteiger partial charge in [-0.25, -0.2) is 0 Å². The molecule has 0 bridgehead atoms. The Balaban J connectivity index is 3.58. The van der Waals surface area contributed by atoms with Gasteiger partial charge in [0.1, 0.15) is 0 Å². The third-order valence-corrected chi connectivity index (χ3v) is 8.95. The summed E-state index contributed by atoms with van der Waals surface area (Å²) >= 11 is 0. The van der Waals surface area contributed by atoms with E-state index in [2.05, 4.69) is 76.3 Å². The lowest BCUT2D eigenvalue weighted by atomic mass is 9.87. The van der Waals surface area contributed by atoms with E-state index in [0.717, 1.165) is 11.8 Å². The zero-order valence-corrected chi connectivity index (χ0v) is 29.6. The number of rotatable bonds is 33. The molecule has 246 valence electrons. The van der Waals surface area contributed by atoms with E-state index in [1.807, 2.05) is 0 Å². The molecule has 0 rings (SSSR count). The molecule has 0 heteroatoms. The molecule has 0 spiro atoms. The first-order valence-electron chi connectivity index (χ1n) is 19.3. The molecule has 0 aromatic rings. The third-order valence-electron chi connectivity index (χ3n) is 8.95. The first kappa shape index (κ1) is 41.0. The Kier molecular flexibility index (Phi) is 35.3. The summed E-state index contributed by atoms with van der Waals surface area (Å²) in [6.45, 7) is 9.42. The summed E-state index contributed by atoms with van der Waals surface area (Å²) in [6.07, 6.45) is 57.6. The minimum Gasteiger partial charge on any atom is -0.0885 e. The molecule has 0 radical (unpaired) electrons. The molecule has 0 aromatic carbocycles. The number of unbranched alkanes of at least 4 members (excludes halogenated alkanes) is 20. The quantitative estimate of drug-likeness (QED) is 0.0533. The molecule has 0 saturated carbocycles. The summed E-state index contributed by atoms with van der Waals surface area (Å²) in [6, 6.07) is 0. The van der Waals surface area contributed by atoms with Crippen LogP contribution in [0.3, 0.4) is 0 Å². The van der Waals surface area contributed by atoms with E-state index in [-0.39, 0.29) is 0 Å². The minimum absolute atomic E-state index is 0.803. The van der Waals surface area contributed by atoms with Crippen molar-refractivity contribution in [2.45, 2.75) is 207 Å². The van der Waals surface area contributed by atoms with Crippen LogP contribution in [-0.4, -0.2) is 0 Å². The number of hydrogen-bond acceptors (Lipinski definition) is 0. The van der Waals surface area contributed by atoms with Crippen molar-refractivity contribution in [3.05, 3.63) is 48.6 Å². The Morgan fingerprint density at radius 2 is 0.548 bits per heavy atom. The Morgan fingerprint density at radius 3 is 0.786 bits per heavy atom. The molecule has 0 aromatic heterocycles. The monoisotopic (exact) mass is 583 g/mol. The molecule has 0 fully saturated rings. The molecule has 0 saturated heterocycles. The van der Waals surface area contributed by atoms with Crippen LogP contribution in [0.2, 0.25) is 0 Å². The third kappa shape index (κ3) is 33.5. The predicted octanol–water partition coefficient (Wildman–Crippen LogP) is 15.4. The van der Waals surface area contributed by atoms with Crippen molar-refractivity contribution in [3.8, 4) is 0 Å². The van der Waals surface area contributed by atoms with Gasteiger partial charge in [-0.15, -0.1) is 0 Å². The Bertz CT molecular complexity index is 554. The lowest BCUT2D eigenvalue weighted by molar-refractivity contribution is 0.341. The van der Waals surface area contributed by atoms with Gasteiger partial charge in [-0.05, 0) is 115 Å². The summed E-state index contributed by atoms with van der Waals surface area (Å²) in [4.78, 5) is 0. The standard InChI is InChI=1S/C42H78/c1-5-7-9-11-13-15-17-19-21-23-25-27-29-31-33-35-37-39-42(41(3)4)40-38-36-34-32-30-28-26-24-22-20-18-16-14-12-10-8-6-2/h17-20,33-36,41-42H,5-16,21-32,37-40H2,1-4H3/b19-17+,20-18+,35-33+,36-34+. The maximum absolute atomic E-state index is 2.47. The largest absolute Gasteiger partial charge is 0.0885 e. The van der Waals surface area contributed by atoms with E-state index in [1.54, 1.807) is 0 Å². The van der Waals surface area contributed by atoms with E-state index in [0.29, 0.717) is 0 Å². The maximum Gasteiger partial charge on any atom is -0.0348 e. The van der Waals surface area contributed by atoms with Gasteiger partial charge in [-0.1, -0.05) is 153 Å². The maximum atomic E-state index is 2.47. The molecule has 0 amide bonds. The normalized spacial score (nSPS) is 12.6. The highest BCUT2D eigenvalue weighted by atomic mass is 14.2. The van der Waals surface area contributed by atoms with Crippen LogP contribution in [-0.2, 0) is 0 Å². The van der Waals surface area contributed by atoms with Crippen molar-refractivity contribution in [2.75, 3.05) is 0 Å². The minimum atomic E-state index is 0.803. The van der Waals surface area contributed by atoms with Crippen molar-refractivity contribution >= 4 is 0 Å². The van der Waals surface area contributed by atoms with Crippen molar-refractivity contribution in [2.24, 2.45) is 11.8 Å². The lowest BCUT2D eigenvalue weighted by Gasteiger charge is -2.19. The highest BCUT2D eigenvalue weighted by Gasteiger charge is 2.11. The van der Waals surface area contributed by atoms with Gasteiger partial charge in [0.25, 0.3) is 0 Å². The van der Waals surface area contributed by atoms with E-state index >= 15 is 0 Å². The SMILES string of the molecule is CCCCCCC/C=C/CCCCCC/C=C/CCC(CC/C=C/CCCCCC/C=C/CCCCCCC)C(C)C. The smallest absolute Gasteiger partial charge is 0.0348 e. The van der Waals surface area contributed by atoms with Crippen LogP contribution >= 0.6 is 0 Å². The van der Waals surface area contributed by atoms with Crippen LogP contribution in [0.25, 0.3) is 0 Å². The first-order chi connectivity index (χ1) is 20.7. The number of hydrogen-bond donors (Lipinski definition) is 0. The van der Waals surface area contributed by atoms with E-state index < -0.39 is 0 Å². The predicted molar refractivity (Wildman–Crippen MR) is 196 cm³/mol. The van der Waals surface area contributed by atoms with Gasteiger partial charge >= 0.3 is 0 Å². The Morgan fingerprint density at radius 1 is 0.310 bits per heavy atom. The Labute approximate surface area is 267 Å². The van der Waals surface area contributed by atoms with Crippen LogP contribution in [0.5, 0.6) is 0 Å². The fourth-order valence-electron chi connectivity index (χ4n) is 5.86. The molecule has 0 N–H and O–H groups in total. The van der Waals surface area contributed by atoms with Gasteiger partial charge in [0.05, 0.1) is 0 Å². The van der Waals surface area contributed by atoms with Crippen molar-refractivity contribution < 1.29 is 0 Å². The van der Waals surface area contributed by atoms with Crippen LogP contribution in [0.15, 0.2) is 48.6 Å². The molecule has 0 aliphatic heterocycles. The average Bonchev–Trinajstić information content (AvgIpc) is 2.99. The van der Waals surface area contributed by atoms with Crippen molar-refractivity contribution in [1.82, 2.24) is 0 Å². The van der Waals surface area contributed by atoms with Crippen LogP contribution in [0.1, 0.15) is 207 Å². The van der Waals surface area contributed by atoms with Gasteiger partial charge in [-0.3, -0.25) is 0 Å². The van der Waals surface area contributed by atoms with Crippen LogP contribution in [0.4, 0.5) is 0 Å². The van der Waals surface area contributed by atoms with Gasteiger partial charge < -0.3 is 0 Å². The van der Waals surface area contributed by atoms with Gasteiger partial charge in [0, 0.05) is 0 Å². The van der Waals surface area contributed by atoms with Crippen LogP contribution in [0, 0.1) is 11.8 Å². The summed E-state index contributed by atoms with van der Waals surface area (Å²) in [5.74, 6) is 1.67. The average molecular weight is 583 g/mol.